The first-order valence-electron chi connectivity index (χ1n) is 7.70. The van der Waals surface area contributed by atoms with Crippen molar-refractivity contribution in [2.24, 2.45) is 0 Å². The van der Waals surface area contributed by atoms with E-state index in [1.165, 1.54) is 24.1 Å². The van der Waals surface area contributed by atoms with E-state index in [-0.39, 0.29) is 17.5 Å². The minimum Gasteiger partial charge on any atom is -0.371 e. The molecule has 2 heterocycles. The lowest BCUT2D eigenvalue weighted by Crippen LogP contribution is -2.06. The van der Waals surface area contributed by atoms with E-state index in [9.17, 15) is 8.78 Å². The molecule has 1 fully saturated rings. The molecule has 0 atom stereocenters. The van der Waals surface area contributed by atoms with Crippen LogP contribution in [0, 0.1) is 11.6 Å². The summed E-state index contributed by atoms with van der Waals surface area (Å²) in [5.41, 5.74) is 1.70. The molecule has 0 spiro atoms. The van der Waals surface area contributed by atoms with Gasteiger partial charge in [-0.15, -0.1) is 5.10 Å². The third-order valence-corrected chi connectivity index (χ3v) is 3.96. The summed E-state index contributed by atoms with van der Waals surface area (Å²) in [4.78, 5) is 7.80. The van der Waals surface area contributed by atoms with Crippen LogP contribution in [0.4, 0.5) is 26.2 Å². The lowest BCUT2D eigenvalue weighted by molar-refractivity contribution is 0.618. The molecule has 10 heteroatoms. The number of nitrogens with one attached hydrogen (secondary N) is 2. The second-order valence-electron chi connectivity index (χ2n) is 5.68. The first-order chi connectivity index (χ1) is 12.2. The first kappa shape index (κ1) is 15.4. The number of nitrogens with zero attached hydrogens (tertiary/aromatic N) is 6. The van der Waals surface area contributed by atoms with Gasteiger partial charge in [0.05, 0.1) is 17.6 Å². The van der Waals surface area contributed by atoms with Crippen molar-refractivity contribution in [2.45, 2.75) is 18.8 Å². The van der Waals surface area contributed by atoms with E-state index in [4.69, 9.17) is 0 Å². The molecule has 128 valence electrons. The standard InChI is InChI=1S/C15H14F2N8/c1-18-14-11(17)6-19-15(22-14)21-12-5-13(25-7-20-23-24-25)9(4-10(12)16)8-2-3-8/h4-8H,2-3H2,1H3,(H2,18,19,21,22). The van der Waals surface area contributed by atoms with Crippen molar-refractivity contribution in [1.82, 2.24) is 30.2 Å². The molecular formula is C15H14F2N8. The average Bonchev–Trinajstić information content (AvgIpc) is 3.32. The van der Waals surface area contributed by atoms with Gasteiger partial charge in [-0.3, -0.25) is 0 Å². The Kier molecular flexibility index (Phi) is 3.71. The van der Waals surface area contributed by atoms with E-state index in [1.807, 2.05) is 0 Å². The Hall–Kier alpha value is -3.17. The Balaban J connectivity index is 1.73. The number of anilines is 3. The Bertz CT molecular complexity index is 908. The third-order valence-electron chi connectivity index (χ3n) is 3.96. The molecule has 4 rings (SSSR count). The second-order valence-corrected chi connectivity index (χ2v) is 5.68. The molecule has 0 bridgehead atoms. The predicted octanol–water partition coefficient (Wildman–Crippen LogP) is 2.39. The molecule has 0 unspecified atom stereocenters. The Morgan fingerprint density at radius 1 is 1.20 bits per heavy atom. The summed E-state index contributed by atoms with van der Waals surface area (Å²) in [5, 5.41) is 16.5. The molecule has 1 aliphatic carbocycles. The third kappa shape index (κ3) is 2.97. The molecular weight excluding hydrogens is 330 g/mol. The molecule has 1 saturated carbocycles. The molecule has 1 aromatic carbocycles. The van der Waals surface area contributed by atoms with Crippen molar-refractivity contribution in [3.63, 3.8) is 0 Å². The van der Waals surface area contributed by atoms with E-state index >= 15 is 0 Å². The van der Waals surface area contributed by atoms with Crippen molar-refractivity contribution >= 4 is 17.5 Å². The van der Waals surface area contributed by atoms with Crippen molar-refractivity contribution in [1.29, 1.82) is 0 Å². The van der Waals surface area contributed by atoms with Crippen molar-refractivity contribution in [2.75, 3.05) is 17.7 Å². The molecule has 25 heavy (non-hydrogen) atoms. The van der Waals surface area contributed by atoms with Crippen LogP contribution in [-0.4, -0.2) is 37.2 Å². The Labute approximate surface area is 141 Å². The predicted molar refractivity (Wildman–Crippen MR) is 85.9 cm³/mol. The number of benzene rings is 1. The zero-order valence-corrected chi connectivity index (χ0v) is 13.2. The van der Waals surface area contributed by atoms with Crippen LogP contribution in [0.3, 0.4) is 0 Å². The summed E-state index contributed by atoms with van der Waals surface area (Å²) in [6.45, 7) is 0. The average molecular weight is 344 g/mol. The minimum atomic E-state index is -0.591. The number of hydrogen-bond donors (Lipinski definition) is 2. The zero-order chi connectivity index (χ0) is 17.4. The lowest BCUT2D eigenvalue weighted by atomic mass is 10.1. The highest BCUT2D eigenvalue weighted by Gasteiger charge is 2.28. The van der Waals surface area contributed by atoms with Crippen molar-refractivity contribution < 1.29 is 8.78 Å². The zero-order valence-electron chi connectivity index (χ0n) is 13.2. The highest BCUT2D eigenvalue weighted by atomic mass is 19.1. The fraction of sp³-hybridized carbons (Fsp3) is 0.267. The van der Waals surface area contributed by atoms with Crippen LogP contribution in [0.2, 0.25) is 0 Å². The monoisotopic (exact) mass is 344 g/mol. The summed E-state index contributed by atoms with van der Waals surface area (Å²) in [7, 11) is 1.54. The van der Waals surface area contributed by atoms with Gasteiger partial charge in [0, 0.05) is 7.05 Å². The van der Waals surface area contributed by atoms with E-state index in [0.717, 1.165) is 24.6 Å². The smallest absolute Gasteiger partial charge is 0.229 e. The van der Waals surface area contributed by atoms with Gasteiger partial charge in [-0.05, 0) is 46.9 Å². The summed E-state index contributed by atoms with van der Waals surface area (Å²) in [5.74, 6) is -0.634. The fourth-order valence-electron chi connectivity index (χ4n) is 2.59. The molecule has 0 amide bonds. The minimum absolute atomic E-state index is 0.0215. The molecule has 2 aromatic heterocycles. The first-order valence-corrected chi connectivity index (χ1v) is 7.70. The Morgan fingerprint density at radius 3 is 2.72 bits per heavy atom. The van der Waals surface area contributed by atoms with Gasteiger partial charge in [0.25, 0.3) is 0 Å². The van der Waals surface area contributed by atoms with Crippen LogP contribution in [-0.2, 0) is 0 Å². The maximum Gasteiger partial charge on any atom is 0.229 e. The molecule has 0 saturated heterocycles. The van der Waals surface area contributed by atoms with Gasteiger partial charge in [0.15, 0.2) is 11.6 Å². The van der Waals surface area contributed by atoms with Gasteiger partial charge in [0.1, 0.15) is 12.1 Å². The van der Waals surface area contributed by atoms with Crippen LogP contribution >= 0.6 is 0 Å². The van der Waals surface area contributed by atoms with Crippen LogP contribution in [0.15, 0.2) is 24.7 Å². The SMILES string of the molecule is CNc1nc(Nc2cc(-n3cnnn3)c(C3CC3)cc2F)ncc1F. The maximum absolute atomic E-state index is 14.5. The normalized spacial score (nSPS) is 13.7. The highest BCUT2D eigenvalue weighted by Crippen LogP contribution is 2.44. The number of aromatic nitrogens is 6. The van der Waals surface area contributed by atoms with Crippen LogP contribution in [0.25, 0.3) is 5.69 Å². The van der Waals surface area contributed by atoms with E-state index in [2.05, 4.69) is 36.1 Å². The van der Waals surface area contributed by atoms with Crippen LogP contribution in [0.1, 0.15) is 24.3 Å². The maximum atomic E-state index is 14.5. The number of hydrogen-bond acceptors (Lipinski definition) is 7. The van der Waals surface area contributed by atoms with E-state index in [1.54, 1.807) is 6.07 Å². The topological polar surface area (TPSA) is 93.4 Å². The summed E-state index contributed by atoms with van der Waals surface area (Å²) in [6, 6.07) is 3.07. The summed E-state index contributed by atoms with van der Waals surface area (Å²) >= 11 is 0. The molecule has 2 N–H and O–H groups in total. The van der Waals surface area contributed by atoms with Gasteiger partial charge < -0.3 is 10.6 Å². The van der Waals surface area contributed by atoms with Gasteiger partial charge in [-0.2, -0.15) is 4.98 Å². The van der Waals surface area contributed by atoms with Crippen LogP contribution < -0.4 is 10.6 Å². The van der Waals surface area contributed by atoms with Crippen molar-refractivity contribution in [3.05, 3.63) is 41.9 Å². The molecule has 0 radical (unpaired) electrons. The highest BCUT2D eigenvalue weighted by molar-refractivity contribution is 5.62. The van der Waals surface area contributed by atoms with Gasteiger partial charge in [-0.25, -0.2) is 18.4 Å². The van der Waals surface area contributed by atoms with Gasteiger partial charge in [-0.1, -0.05) is 0 Å². The molecule has 3 aromatic rings. The fourth-order valence-corrected chi connectivity index (χ4v) is 2.59. The van der Waals surface area contributed by atoms with Crippen LogP contribution in [0.5, 0.6) is 0 Å². The van der Waals surface area contributed by atoms with E-state index in [0.29, 0.717) is 11.6 Å². The van der Waals surface area contributed by atoms with Gasteiger partial charge >= 0.3 is 0 Å². The molecule has 8 nitrogen and oxygen atoms in total. The Morgan fingerprint density at radius 2 is 2.04 bits per heavy atom. The molecule has 1 aliphatic rings. The largest absolute Gasteiger partial charge is 0.371 e. The lowest BCUT2D eigenvalue weighted by Gasteiger charge is -2.13. The van der Waals surface area contributed by atoms with Crippen molar-refractivity contribution in [3.8, 4) is 5.69 Å². The number of halogens is 2. The summed E-state index contributed by atoms with van der Waals surface area (Å²) in [6.07, 6.45) is 4.48. The number of tetrazole rings is 1. The molecule has 0 aliphatic heterocycles. The van der Waals surface area contributed by atoms with Gasteiger partial charge in [0.2, 0.25) is 5.95 Å². The quantitative estimate of drug-likeness (QED) is 0.734. The van der Waals surface area contributed by atoms with E-state index < -0.39 is 11.6 Å². The second kappa shape index (κ2) is 6.04. The number of rotatable bonds is 5. The summed E-state index contributed by atoms with van der Waals surface area (Å²) < 4.78 is 29.5.